The van der Waals surface area contributed by atoms with E-state index in [9.17, 15) is 4.79 Å². The van der Waals surface area contributed by atoms with E-state index in [4.69, 9.17) is 0 Å². The zero-order valence-corrected chi connectivity index (χ0v) is 7.06. The second kappa shape index (κ2) is 4.56. The molecule has 0 saturated carbocycles. The third-order valence-corrected chi connectivity index (χ3v) is 1.51. The second-order valence-corrected chi connectivity index (χ2v) is 2.21. The minimum absolute atomic E-state index is 0.306. The first-order valence-electron chi connectivity index (χ1n) is 2.71. The third-order valence-electron chi connectivity index (χ3n) is 0.724. The van der Waals surface area contributed by atoms with Crippen LogP contribution in [0, 0.1) is 0 Å². The molecule has 0 aromatic carbocycles. The number of esters is 1. The minimum Gasteiger partial charge on any atom is -0.462 e. The van der Waals surface area contributed by atoms with E-state index < -0.39 is 0 Å². The van der Waals surface area contributed by atoms with E-state index in [1.165, 1.54) is 0 Å². The van der Waals surface area contributed by atoms with Crippen molar-refractivity contribution in [3.63, 3.8) is 0 Å². The first-order valence-corrected chi connectivity index (χ1v) is 3.50. The average molecular weight is 193 g/mol. The fourth-order valence-electron chi connectivity index (χ4n) is 0.318. The Morgan fingerprint density at radius 1 is 1.78 bits per heavy atom. The van der Waals surface area contributed by atoms with Gasteiger partial charge < -0.3 is 4.74 Å². The molecule has 52 valence electrons. The zero-order chi connectivity index (χ0) is 7.28. The van der Waals surface area contributed by atoms with E-state index >= 15 is 0 Å². The maximum absolute atomic E-state index is 10.6. The van der Waals surface area contributed by atoms with Gasteiger partial charge in [0.2, 0.25) is 0 Å². The fraction of sp³-hybridized carbons (Fsp3) is 0.500. The van der Waals surface area contributed by atoms with Gasteiger partial charge in [-0.2, -0.15) is 0 Å². The summed E-state index contributed by atoms with van der Waals surface area (Å²) in [5, 5.41) is 0. The van der Waals surface area contributed by atoms with E-state index in [0.29, 0.717) is 11.1 Å². The molecule has 0 heterocycles. The van der Waals surface area contributed by atoms with Crippen LogP contribution in [0.2, 0.25) is 0 Å². The zero-order valence-electron chi connectivity index (χ0n) is 5.48. The molecule has 2 nitrogen and oxygen atoms in total. The van der Waals surface area contributed by atoms with Gasteiger partial charge in [0, 0.05) is 0 Å². The van der Waals surface area contributed by atoms with Gasteiger partial charge in [0.05, 0.1) is 11.1 Å². The van der Waals surface area contributed by atoms with Crippen LogP contribution in [0.15, 0.2) is 10.6 Å². The Kier molecular flexibility index (Phi) is 4.40. The molecule has 0 spiro atoms. The van der Waals surface area contributed by atoms with Crippen molar-refractivity contribution in [2.45, 2.75) is 13.8 Å². The smallest absolute Gasteiger partial charge is 0.344 e. The Morgan fingerprint density at radius 2 is 2.33 bits per heavy atom. The van der Waals surface area contributed by atoms with Crippen LogP contribution in [0.3, 0.4) is 0 Å². The molecule has 0 N–H and O–H groups in total. The van der Waals surface area contributed by atoms with Crippen molar-refractivity contribution in [2.24, 2.45) is 0 Å². The summed E-state index contributed by atoms with van der Waals surface area (Å²) in [7, 11) is 0. The molecule has 0 aliphatic carbocycles. The van der Waals surface area contributed by atoms with Gasteiger partial charge in [0.25, 0.3) is 0 Å². The molecule has 3 heteroatoms. The summed E-state index contributed by atoms with van der Waals surface area (Å²) in [6.45, 7) is 3.95. The quantitative estimate of drug-likeness (QED) is 0.494. The number of rotatable bonds is 2. The molecule has 0 aliphatic rings. The SMILES string of the molecule is CC=C(Br)C(=O)OCC. The van der Waals surface area contributed by atoms with Crippen LogP contribution in [-0.2, 0) is 9.53 Å². The molecular weight excluding hydrogens is 184 g/mol. The maximum Gasteiger partial charge on any atom is 0.344 e. The van der Waals surface area contributed by atoms with Crippen molar-refractivity contribution in [3.05, 3.63) is 10.6 Å². The number of halogens is 1. The lowest BCUT2D eigenvalue weighted by molar-refractivity contribution is -0.137. The highest BCUT2D eigenvalue weighted by atomic mass is 79.9. The monoisotopic (exact) mass is 192 g/mol. The maximum atomic E-state index is 10.6. The van der Waals surface area contributed by atoms with E-state index in [1.807, 2.05) is 0 Å². The molecule has 0 saturated heterocycles. The van der Waals surface area contributed by atoms with Crippen LogP contribution >= 0.6 is 15.9 Å². The van der Waals surface area contributed by atoms with E-state index in [-0.39, 0.29) is 5.97 Å². The molecule has 0 rings (SSSR count). The van der Waals surface area contributed by atoms with Crippen molar-refractivity contribution in [1.82, 2.24) is 0 Å². The van der Waals surface area contributed by atoms with Gasteiger partial charge in [-0.15, -0.1) is 0 Å². The summed E-state index contributed by atoms with van der Waals surface area (Å²) in [5.74, 6) is -0.306. The van der Waals surface area contributed by atoms with Gasteiger partial charge >= 0.3 is 5.97 Å². The summed E-state index contributed by atoms with van der Waals surface area (Å²) < 4.78 is 5.12. The van der Waals surface area contributed by atoms with Gasteiger partial charge in [0.15, 0.2) is 0 Å². The van der Waals surface area contributed by atoms with Gasteiger partial charge in [-0.25, -0.2) is 4.79 Å². The Labute approximate surface area is 63.0 Å². The van der Waals surface area contributed by atoms with Crippen LogP contribution in [0.5, 0.6) is 0 Å². The largest absolute Gasteiger partial charge is 0.462 e. The molecule has 0 atom stereocenters. The highest BCUT2D eigenvalue weighted by molar-refractivity contribution is 9.12. The molecule has 0 aromatic rings. The van der Waals surface area contributed by atoms with Crippen molar-refractivity contribution in [1.29, 1.82) is 0 Å². The molecule has 9 heavy (non-hydrogen) atoms. The Morgan fingerprint density at radius 3 is 2.67 bits per heavy atom. The minimum atomic E-state index is -0.306. The predicted octanol–water partition coefficient (Wildman–Crippen LogP) is 1.85. The lowest BCUT2D eigenvalue weighted by Crippen LogP contribution is -2.02. The standard InChI is InChI=1S/C6H9BrO2/c1-3-5(7)6(8)9-4-2/h3H,4H2,1-2H3. The Balaban J connectivity index is 3.74. The van der Waals surface area contributed by atoms with Crippen LogP contribution in [0.25, 0.3) is 0 Å². The van der Waals surface area contributed by atoms with E-state index in [0.717, 1.165) is 0 Å². The first-order chi connectivity index (χ1) is 4.22. The van der Waals surface area contributed by atoms with Crippen molar-refractivity contribution >= 4 is 21.9 Å². The van der Waals surface area contributed by atoms with Crippen LogP contribution < -0.4 is 0 Å². The molecule has 0 aliphatic heterocycles. The van der Waals surface area contributed by atoms with Crippen molar-refractivity contribution in [3.8, 4) is 0 Å². The average Bonchev–Trinajstić information content (AvgIpc) is 1.87. The first kappa shape index (κ1) is 8.69. The summed E-state index contributed by atoms with van der Waals surface area (Å²) in [6.07, 6.45) is 1.65. The summed E-state index contributed by atoms with van der Waals surface area (Å²) in [5.41, 5.74) is 0. The Bertz CT molecular complexity index is 129. The molecule has 0 aromatic heterocycles. The summed E-state index contributed by atoms with van der Waals surface area (Å²) >= 11 is 3.03. The second-order valence-electron chi connectivity index (χ2n) is 1.36. The van der Waals surface area contributed by atoms with Crippen LogP contribution in [0.1, 0.15) is 13.8 Å². The Hall–Kier alpha value is -0.310. The number of hydrogen-bond donors (Lipinski definition) is 0. The predicted molar refractivity (Wildman–Crippen MR) is 39.3 cm³/mol. The van der Waals surface area contributed by atoms with Crippen LogP contribution in [-0.4, -0.2) is 12.6 Å². The normalized spacial score (nSPS) is 11.2. The van der Waals surface area contributed by atoms with E-state index in [1.54, 1.807) is 19.9 Å². The number of ether oxygens (including phenoxy) is 1. The molecule has 0 radical (unpaired) electrons. The molecule has 0 bridgehead atoms. The lowest BCUT2D eigenvalue weighted by atomic mass is 10.5. The van der Waals surface area contributed by atoms with Crippen molar-refractivity contribution < 1.29 is 9.53 Å². The fourth-order valence-corrected chi connectivity index (χ4v) is 0.432. The summed E-state index contributed by atoms with van der Waals surface area (Å²) in [4.78, 5) is 10.6. The highest BCUT2D eigenvalue weighted by Crippen LogP contribution is 2.05. The van der Waals surface area contributed by atoms with Crippen molar-refractivity contribution in [2.75, 3.05) is 6.61 Å². The number of allylic oxidation sites excluding steroid dienone is 1. The third kappa shape index (κ3) is 3.30. The summed E-state index contributed by atoms with van der Waals surface area (Å²) in [6, 6.07) is 0. The molecule has 0 unspecified atom stereocenters. The van der Waals surface area contributed by atoms with Gasteiger partial charge in [0.1, 0.15) is 0 Å². The lowest BCUT2D eigenvalue weighted by Gasteiger charge is -1.96. The number of carbonyl (C=O) groups excluding carboxylic acids is 1. The molecule has 0 amide bonds. The van der Waals surface area contributed by atoms with Gasteiger partial charge in [-0.3, -0.25) is 0 Å². The highest BCUT2D eigenvalue weighted by Gasteiger charge is 2.02. The molecular formula is C6H9BrO2. The topological polar surface area (TPSA) is 26.3 Å². The number of hydrogen-bond acceptors (Lipinski definition) is 2. The van der Waals surface area contributed by atoms with E-state index in [2.05, 4.69) is 20.7 Å². The van der Waals surface area contributed by atoms with Gasteiger partial charge in [-0.05, 0) is 29.8 Å². The molecule has 0 fully saturated rings. The van der Waals surface area contributed by atoms with Gasteiger partial charge in [-0.1, -0.05) is 6.08 Å². The number of carbonyl (C=O) groups is 1. The van der Waals surface area contributed by atoms with Crippen LogP contribution in [0.4, 0.5) is 0 Å².